The van der Waals surface area contributed by atoms with Crippen LogP contribution in [0.5, 0.6) is 5.75 Å². The summed E-state index contributed by atoms with van der Waals surface area (Å²) in [6.07, 6.45) is 1.86. The van der Waals surface area contributed by atoms with Gasteiger partial charge in [0.05, 0.1) is 30.9 Å². The number of amidine groups is 1. The Labute approximate surface area is 185 Å². The van der Waals surface area contributed by atoms with Gasteiger partial charge in [-0.15, -0.1) is 0 Å². The van der Waals surface area contributed by atoms with E-state index in [0.717, 1.165) is 28.1 Å². The molecule has 0 saturated carbocycles. The number of nitrogens with zero attached hydrogens (tertiary/aromatic N) is 2. The van der Waals surface area contributed by atoms with Crippen LogP contribution in [0.3, 0.4) is 0 Å². The van der Waals surface area contributed by atoms with E-state index in [2.05, 4.69) is 0 Å². The number of aliphatic hydroxyl groups is 1. The largest absolute Gasteiger partial charge is 0.497 e. The van der Waals surface area contributed by atoms with Gasteiger partial charge in [-0.25, -0.2) is 0 Å². The minimum Gasteiger partial charge on any atom is -0.497 e. The Bertz CT molecular complexity index is 1110. The summed E-state index contributed by atoms with van der Waals surface area (Å²) >= 11 is 1.36. The van der Waals surface area contributed by atoms with Crippen LogP contribution < -0.4 is 9.64 Å². The molecule has 0 unspecified atom stereocenters. The average Bonchev–Trinajstić information content (AvgIpc) is 3.13. The Morgan fingerprint density at radius 3 is 2.32 bits per heavy atom. The van der Waals surface area contributed by atoms with Crippen LogP contribution in [0.25, 0.3) is 6.08 Å². The van der Waals surface area contributed by atoms with E-state index >= 15 is 0 Å². The van der Waals surface area contributed by atoms with Crippen molar-refractivity contribution in [1.29, 1.82) is 0 Å². The van der Waals surface area contributed by atoms with Crippen molar-refractivity contribution in [2.75, 3.05) is 12.0 Å². The number of aliphatic imine (C=N–C) groups is 1. The average molecular weight is 431 g/mol. The summed E-state index contributed by atoms with van der Waals surface area (Å²) in [7, 11) is 1.61. The molecule has 5 nitrogen and oxygen atoms in total. The van der Waals surface area contributed by atoms with Gasteiger partial charge in [0.15, 0.2) is 5.17 Å². The van der Waals surface area contributed by atoms with Crippen molar-refractivity contribution in [1.82, 2.24) is 0 Å². The molecule has 1 fully saturated rings. The quantitative estimate of drug-likeness (QED) is 0.567. The predicted octanol–water partition coefficient (Wildman–Crippen LogP) is 4.86. The summed E-state index contributed by atoms with van der Waals surface area (Å²) < 4.78 is 5.24. The summed E-state index contributed by atoms with van der Waals surface area (Å²) in [5.41, 5.74) is 3.54. The van der Waals surface area contributed by atoms with Crippen LogP contribution in [-0.2, 0) is 17.9 Å². The number of rotatable bonds is 6. The third-order valence-electron chi connectivity index (χ3n) is 4.84. The van der Waals surface area contributed by atoms with Gasteiger partial charge in [-0.05, 0) is 58.8 Å². The van der Waals surface area contributed by atoms with Crippen molar-refractivity contribution in [2.24, 2.45) is 4.99 Å². The Morgan fingerprint density at radius 1 is 0.968 bits per heavy atom. The molecule has 0 bridgehead atoms. The van der Waals surface area contributed by atoms with Gasteiger partial charge < -0.3 is 9.84 Å². The number of aliphatic hydroxyl groups excluding tert-OH is 1. The normalized spacial score (nSPS) is 16.3. The maximum Gasteiger partial charge on any atom is 0.271 e. The highest BCUT2D eigenvalue weighted by Crippen LogP contribution is 2.36. The van der Waals surface area contributed by atoms with E-state index in [1.807, 2.05) is 84.9 Å². The molecule has 3 aromatic carbocycles. The van der Waals surface area contributed by atoms with Crippen LogP contribution in [0.1, 0.15) is 16.7 Å². The van der Waals surface area contributed by atoms with Crippen LogP contribution in [0.15, 0.2) is 88.8 Å². The molecule has 3 aromatic rings. The lowest BCUT2D eigenvalue weighted by molar-refractivity contribution is -0.113. The molecule has 0 radical (unpaired) electrons. The molecule has 1 heterocycles. The lowest BCUT2D eigenvalue weighted by atomic mass is 10.1. The summed E-state index contributed by atoms with van der Waals surface area (Å²) in [5.74, 6) is 0.610. The first kappa shape index (κ1) is 20.9. The zero-order chi connectivity index (χ0) is 21.6. The smallest absolute Gasteiger partial charge is 0.271 e. The third-order valence-corrected chi connectivity index (χ3v) is 5.84. The molecule has 1 aliphatic rings. The van der Waals surface area contributed by atoms with Crippen molar-refractivity contribution in [2.45, 2.75) is 13.2 Å². The minimum atomic E-state index is -0.117. The molecule has 0 spiro atoms. The topological polar surface area (TPSA) is 62.1 Å². The molecule has 156 valence electrons. The number of thioether (sulfide) groups is 1. The summed E-state index contributed by atoms with van der Waals surface area (Å²) in [6, 6.07) is 24.8. The Morgan fingerprint density at radius 2 is 1.68 bits per heavy atom. The first-order chi connectivity index (χ1) is 15.2. The standard InChI is InChI=1S/C25H22N2O3S/c1-30-22-13-11-21(12-14-22)27-24(29)23(15-18-7-9-20(17-28)10-8-18)31-25(27)26-16-19-5-3-2-4-6-19/h2-15,28H,16-17H2,1H3. The second-order valence-corrected chi connectivity index (χ2v) is 7.94. The SMILES string of the molecule is COc1ccc(N2C(=O)C(=Cc3ccc(CO)cc3)SC2=NCc2ccccc2)cc1. The Kier molecular flexibility index (Phi) is 6.50. The van der Waals surface area contributed by atoms with Gasteiger partial charge in [0.1, 0.15) is 5.75 Å². The fourth-order valence-corrected chi connectivity index (χ4v) is 4.13. The van der Waals surface area contributed by atoms with Crippen molar-refractivity contribution in [3.8, 4) is 5.75 Å². The fourth-order valence-electron chi connectivity index (χ4n) is 3.15. The highest BCUT2D eigenvalue weighted by Gasteiger charge is 2.34. The number of ether oxygens (including phenoxy) is 1. The van der Waals surface area contributed by atoms with Crippen LogP contribution in [0.4, 0.5) is 5.69 Å². The van der Waals surface area contributed by atoms with Crippen molar-refractivity contribution in [3.05, 3.63) is 100 Å². The van der Waals surface area contributed by atoms with E-state index in [0.29, 0.717) is 16.6 Å². The van der Waals surface area contributed by atoms with E-state index in [4.69, 9.17) is 9.73 Å². The molecular formula is C25H22N2O3S. The Balaban J connectivity index is 1.67. The molecule has 0 aliphatic carbocycles. The second-order valence-electron chi connectivity index (χ2n) is 6.93. The van der Waals surface area contributed by atoms with E-state index in [1.54, 1.807) is 12.0 Å². The number of amides is 1. The monoisotopic (exact) mass is 430 g/mol. The van der Waals surface area contributed by atoms with E-state index < -0.39 is 0 Å². The fraction of sp³-hybridized carbons (Fsp3) is 0.120. The highest BCUT2D eigenvalue weighted by molar-refractivity contribution is 8.19. The maximum atomic E-state index is 13.3. The number of hydrogen-bond donors (Lipinski definition) is 1. The number of hydrogen-bond acceptors (Lipinski definition) is 5. The van der Waals surface area contributed by atoms with E-state index in [-0.39, 0.29) is 12.5 Å². The van der Waals surface area contributed by atoms with Crippen molar-refractivity contribution >= 4 is 34.6 Å². The van der Waals surface area contributed by atoms with Crippen LogP contribution in [0.2, 0.25) is 0 Å². The number of benzene rings is 3. The number of anilines is 1. The molecular weight excluding hydrogens is 408 g/mol. The van der Waals surface area contributed by atoms with E-state index in [1.165, 1.54) is 11.8 Å². The molecule has 1 N–H and O–H groups in total. The summed E-state index contributed by atoms with van der Waals surface area (Å²) in [4.78, 5) is 20.3. The van der Waals surface area contributed by atoms with Gasteiger partial charge >= 0.3 is 0 Å². The van der Waals surface area contributed by atoms with Crippen molar-refractivity contribution in [3.63, 3.8) is 0 Å². The minimum absolute atomic E-state index is 0.00787. The van der Waals surface area contributed by atoms with Crippen LogP contribution in [0, 0.1) is 0 Å². The summed E-state index contributed by atoms with van der Waals surface area (Å²) in [6.45, 7) is 0.480. The molecule has 0 atom stereocenters. The second kappa shape index (κ2) is 9.64. The number of carbonyl (C=O) groups excluding carboxylic acids is 1. The first-order valence-corrected chi connectivity index (χ1v) is 10.7. The number of carbonyl (C=O) groups is 1. The highest BCUT2D eigenvalue weighted by atomic mass is 32.2. The van der Waals surface area contributed by atoms with Gasteiger partial charge in [-0.2, -0.15) is 0 Å². The van der Waals surface area contributed by atoms with E-state index in [9.17, 15) is 9.90 Å². The zero-order valence-electron chi connectivity index (χ0n) is 17.1. The maximum absolute atomic E-state index is 13.3. The number of methoxy groups -OCH3 is 1. The lowest BCUT2D eigenvalue weighted by Crippen LogP contribution is -2.28. The molecule has 1 saturated heterocycles. The first-order valence-electron chi connectivity index (χ1n) is 9.84. The molecule has 6 heteroatoms. The van der Waals surface area contributed by atoms with Gasteiger partial charge in [0.2, 0.25) is 0 Å². The molecule has 31 heavy (non-hydrogen) atoms. The van der Waals surface area contributed by atoms with Gasteiger partial charge in [0.25, 0.3) is 5.91 Å². The van der Waals surface area contributed by atoms with Crippen LogP contribution >= 0.6 is 11.8 Å². The molecule has 1 aliphatic heterocycles. The van der Waals surface area contributed by atoms with Gasteiger partial charge in [0, 0.05) is 0 Å². The summed E-state index contributed by atoms with van der Waals surface area (Å²) in [5, 5.41) is 9.87. The van der Waals surface area contributed by atoms with Crippen LogP contribution in [-0.4, -0.2) is 23.3 Å². The third kappa shape index (κ3) is 4.87. The molecule has 1 amide bonds. The van der Waals surface area contributed by atoms with Crippen molar-refractivity contribution < 1.29 is 14.6 Å². The molecule has 0 aromatic heterocycles. The predicted molar refractivity (Wildman–Crippen MR) is 126 cm³/mol. The van der Waals surface area contributed by atoms with Gasteiger partial charge in [-0.3, -0.25) is 14.7 Å². The zero-order valence-corrected chi connectivity index (χ0v) is 17.9. The Hall–Kier alpha value is -3.35. The van der Waals surface area contributed by atoms with Gasteiger partial charge in [-0.1, -0.05) is 54.6 Å². The lowest BCUT2D eigenvalue weighted by Gasteiger charge is -2.16. The molecule has 4 rings (SSSR count).